The van der Waals surface area contributed by atoms with Gasteiger partial charge in [0.1, 0.15) is 5.56 Å². The number of carbonyl (C=O) groups excluding carboxylic acids is 1. The number of benzene rings is 1. The van der Waals surface area contributed by atoms with Gasteiger partial charge >= 0.3 is 0 Å². The molecule has 0 bridgehead atoms. The van der Waals surface area contributed by atoms with Crippen LogP contribution in [0.1, 0.15) is 43.0 Å². The van der Waals surface area contributed by atoms with Crippen LogP contribution < -0.4 is 5.43 Å². The molecule has 5 rings (SSSR count). The number of aromatic amines is 1. The Labute approximate surface area is 192 Å². The molecule has 3 aliphatic rings. The molecule has 0 radical (unpaired) electrons. The molecule has 1 amide bonds. The minimum absolute atomic E-state index is 0.0427. The predicted octanol–water partition coefficient (Wildman–Crippen LogP) is 1.93. The highest BCUT2D eigenvalue weighted by Gasteiger charge is 2.42. The van der Waals surface area contributed by atoms with Gasteiger partial charge in [0.15, 0.2) is 5.79 Å². The Morgan fingerprint density at radius 3 is 2.42 bits per heavy atom. The number of ether oxygens (including phenoxy) is 2. The largest absolute Gasteiger partial charge is 0.360 e. The summed E-state index contributed by atoms with van der Waals surface area (Å²) in [4.78, 5) is 30.9. The van der Waals surface area contributed by atoms with Gasteiger partial charge in [-0.1, -0.05) is 6.92 Å². The zero-order valence-electron chi connectivity index (χ0n) is 18.7. The van der Waals surface area contributed by atoms with Gasteiger partial charge in [-0.3, -0.25) is 9.59 Å². The highest BCUT2D eigenvalue weighted by molar-refractivity contribution is 7.89. The molecule has 9 nitrogen and oxygen atoms in total. The van der Waals surface area contributed by atoms with Crippen LogP contribution in [0.25, 0.3) is 10.9 Å². The lowest BCUT2D eigenvalue weighted by Gasteiger charge is -2.36. The quantitative estimate of drug-likeness (QED) is 0.727. The van der Waals surface area contributed by atoms with Gasteiger partial charge in [-0.15, -0.1) is 0 Å². The Balaban J connectivity index is 1.42. The molecule has 0 atom stereocenters. The number of nitrogens with one attached hydrogen (secondary N) is 1. The minimum atomic E-state index is -3.80. The van der Waals surface area contributed by atoms with Crippen LogP contribution in [0.15, 0.2) is 34.1 Å². The lowest BCUT2D eigenvalue weighted by molar-refractivity contribution is -0.179. The number of carbonyl (C=O) groups is 1. The van der Waals surface area contributed by atoms with Crippen molar-refractivity contribution in [3.8, 4) is 0 Å². The van der Waals surface area contributed by atoms with Crippen molar-refractivity contribution in [1.29, 1.82) is 0 Å². The summed E-state index contributed by atoms with van der Waals surface area (Å²) in [6.07, 6.45) is 4.19. The fourth-order valence-electron chi connectivity index (χ4n) is 4.90. The average Bonchev–Trinajstić information content (AvgIpc) is 3.27. The summed E-state index contributed by atoms with van der Waals surface area (Å²) >= 11 is 0. The van der Waals surface area contributed by atoms with Crippen molar-refractivity contribution < 1.29 is 22.7 Å². The number of hydrogen-bond donors (Lipinski definition) is 1. The van der Waals surface area contributed by atoms with E-state index in [0.717, 1.165) is 12.8 Å². The molecule has 1 aromatic heterocycles. The van der Waals surface area contributed by atoms with Crippen molar-refractivity contribution in [2.75, 3.05) is 39.4 Å². The number of hydrogen-bond acceptors (Lipinski definition) is 6. The molecule has 3 saturated heterocycles. The number of sulfonamides is 1. The maximum absolute atomic E-state index is 13.3. The van der Waals surface area contributed by atoms with E-state index in [4.69, 9.17) is 9.47 Å². The summed E-state index contributed by atoms with van der Waals surface area (Å²) in [5.41, 5.74) is 0.0879. The highest BCUT2D eigenvalue weighted by Crippen LogP contribution is 2.33. The first-order valence-corrected chi connectivity index (χ1v) is 13.0. The van der Waals surface area contributed by atoms with E-state index in [1.54, 1.807) is 11.0 Å². The maximum atomic E-state index is 13.3. The van der Waals surface area contributed by atoms with E-state index < -0.39 is 21.2 Å². The summed E-state index contributed by atoms with van der Waals surface area (Å²) in [5.74, 6) is -0.419. The standard InChI is InChI=1S/C23H29N3O6S/c1-16-4-8-25(9-5-16)22(28)19-15-24-20-3-2-17(14-18(20)21(19)27)33(29,30)26-10-6-23(7-11-26)31-12-13-32-23/h2-3,14-16H,4-13H2,1H3,(H,24,27). The lowest BCUT2D eigenvalue weighted by atomic mass is 9.98. The van der Waals surface area contributed by atoms with E-state index >= 15 is 0 Å². The third-order valence-electron chi connectivity index (χ3n) is 7.09. The van der Waals surface area contributed by atoms with Gasteiger partial charge in [-0.25, -0.2) is 8.42 Å². The number of pyridine rings is 1. The van der Waals surface area contributed by atoms with Crippen LogP contribution in [-0.2, 0) is 19.5 Å². The molecule has 2 aromatic rings. The first kappa shape index (κ1) is 22.5. The van der Waals surface area contributed by atoms with E-state index in [9.17, 15) is 18.0 Å². The van der Waals surface area contributed by atoms with Gasteiger partial charge in [0.2, 0.25) is 15.5 Å². The van der Waals surface area contributed by atoms with E-state index in [-0.39, 0.29) is 34.8 Å². The van der Waals surface area contributed by atoms with Gasteiger partial charge in [-0.2, -0.15) is 4.31 Å². The molecule has 1 spiro atoms. The summed E-state index contributed by atoms with van der Waals surface area (Å²) in [5, 5.41) is 0.197. The Morgan fingerprint density at radius 1 is 1.09 bits per heavy atom. The first-order valence-electron chi connectivity index (χ1n) is 11.5. The molecule has 0 aliphatic carbocycles. The molecule has 0 unspecified atom stereocenters. The molecule has 1 aromatic carbocycles. The lowest BCUT2D eigenvalue weighted by Crippen LogP contribution is -2.47. The van der Waals surface area contributed by atoms with Crippen LogP contribution in [0.4, 0.5) is 0 Å². The van der Waals surface area contributed by atoms with E-state index in [0.29, 0.717) is 50.6 Å². The maximum Gasteiger partial charge on any atom is 0.259 e. The number of nitrogens with zero attached hydrogens (tertiary/aromatic N) is 2. The van der Waals surface area contributed by atoms with E-state index in [1.807, 2.05) is 0 Å². The first-order chi connectivity index (χ1) is 15.8. The van der Waals surface area contributed by atoms with Crippen molar-refractivity contribution in [2.45, 2.75) is 43.3 Å². The molecule has 10 heteroatoms. The number of piperidine rings is 2. The van der Waals surface area contributed by atoms with E-state index in [2.05, 4.69) is 11.9 Å². The SMILES string of the molecule is CC1CCN(C(=O)c2c[nH]c3ccc(S(=O)(=O)N4CCC5(CC4)OCCO5)cc3c2=O)CC1. The zero-order chi connectivity index (χ0) is 23.2. The number of rotatable bonds is 3. The van der Waals surface area contributed by atoms with Crippen LogP contribution in [0.2, 0.25) is 0 Å². The smallest absolute Gasteiger partial charge is 0.259 e. The molecule has 0 saturated carbocycles. The predicted molar refractivity (Wildman–Crippen MR) is 121 cm³/mol. The molecular formula is C23H29N3O6S. The third-order valence-corrected chi connectivity index (χ3v) is 8.98. The highest BCUT2D eigenvalue weighted by atomic mass is 32.2. The molecule has 1 N–H and O–H groups in total. The van der Waals surface area contributed by atoms with Crippen LogP contribution in [0, 0.1) is 5.92 Å². The second-order valence-electron chi connectivity index (χ2n) is 9.23. The van der Waals surface area contributed by atoms with Crippen LogP contribution in [0.3, 0.4) is 0 Å². The van der Waals surface area contributed by atoms with Crippen LogP contribution in [-0.4, -0.2) is 73.7 Å². The Bertz CT molecular complexity index is 1220. The molecule has 33 heavy (non-hydrogen) atoms. The fourth-order valence-corrected chi connectivity index (χ4v) is 6.37. The average molecular weight is 476 g/mol. The van der Waals surface area contributed by atoms with Crippen LogP contribution >= 0.6 is 0 Å². The second-order valence-corrected chi connectivity index (χ2v) is 11.2. The number of amides is 1. The van der Waals surface area contributed by atoms with Crippen LogP contribution in [0.5, 0.6) is 0 Å². The summed E-state index contributed by atoms with van der Waals surface area (Å²) < 4.78 is 39.4. The topological polar surface area (TPSA) is 109 Å². The second kappa shape index (κ2) is 8.50. The number of H-pyrrole nitrogens is 1. The summed E-state index contributed by atoms with van der Waals surface area (Å²) in [6.45, 7) is 5.01. The van der Waals surface area contributed by atoms with Crippen molar-refractivity contribution in [2.24, 2.45) is 5.92 Å². The summed E-state index contributed by atoms with van der Waals surface area (Å²) in [7, 11) is -3.80. The van der Waals surface area contributed by atoms with Gasteiger partial charge in [-0.05, 0) is 37.0 Å². The molecule has 178 valence electrons. The Morgan fingerprint density at radius 2 is 1.76 bits per heavy atom. The van der Waals surface area contributed by atoms with Gasteiger partial charge < -0.3 is 19.4 Å². The number of likely N-dealkylation sites (tertiary alicyclic amines) is 1. The normalized spacial score (nSPS) is 22.3. The van der Waals surface area contributed by atoms with Crippen molar-refractivity contribution >= 4 is 26.8 Å². The number of fused-ring (bicyclic) bond motifs is 1. The molecular weight excluding hydrogens is 446 g/mol. The monoisotopic (exact) mass is 475 g/mol. The van der Waals surface area contributed by atoms with Gasteiger partial charge in [0, 0.05) is 56.1 Å². The van der Waals surface area contributed by atoms with E-state index in [1.165, 1.54) is 22.6 Å². The Hall–Kier alpha value is -2.27. The third kappa shape index (κ3) is 4.09. The molecule has 3 fully saturated rings. The fraction of sp³-hybridized carbons (Fsp3) is 0.565. The van der Waals surface area contributed by atoms with Gasteiger partial charge in [0.05, 0.1) is 18.1 Å². The molecule has 3 aliphatic heterocycles. The van der Waals surface area contributed by atoms with Gasteiger partial charge in [0.25, 0.3) is 5.91 Å². The van der Waals surface area contributed by atoms with Crippen molar-refractivity contribution in [1.82, 2.24) is 14.2 Å². The number of aromatic nitrogens is 1. The summed E-state index contributed by atoms with van der Waals surface area (Å²) in [6, 6.07) is 4.45. The Kier molecular flexibility index (Phi) is 5.80. The van der Waals surface area contributed by atoms with Crippen molar-refractivity contribution in [3.05, 3.63) is 40.2 Å². The van der Waals surface area contributed by atoms with Crippen molar-refractivity contribution in [3.63, 3.8) is 0 Å². The zero-order valence-corrected chi connectivity index (χ0v) is 19.5. The molecule has 4 heterocycles. The minimum Gasteiger partial charge on any atom is -0.360 e.